The molecule has 0 saturated heterocycles. The van der Waals surface area contributed by atoms with Gasteiger partial charge in [-0.3, -0.25) is 29.0 Å². The summed E-state index contributed by atoms with van der Waals surface area (Å²) in [6.45, 7) is 2.94. The first kappa shape index (κ1) is 35.7. The van der Waals surface area contributed by atoms with E-state index in [4.69, 9.17) is 11.5 Å². The quantitative estimate of drug-likeness (QED) is 0.0762. The summed E-state index contributed by atoms with van der Waals surface area (Å²) in [5.74, 6) is -1.65. The fourth-order valence-corrected chi connectivity index (χ4v) is 4.07. The molecule has 0 radical (unpaired) electrons. The third-order valence-corrected chi connectivity index (χ3v) is 7.17. The highest BCUT2D eigenvalue weighted by Gasteiger charge is 2.24. The zero-order chi connectivity index (χ0) is 33.8. The van der Waals surface area contributed by atoms with Gasteiger partial charge in [0.15, 0.2) is 11.2 Å². The van der Waals surface area contributed by atoms with Crippen molar-refractivity contribution in [1.29, 1.82) is 0 Å². The molecule has 4 atom stereocenters. The zero-order valence-electron chi connectivity index (χ0n) is 25.4. The molecule has 0 unspecified atom stereocenters. The maximum atomic E-state index is 12.7. The first-order valence-electron chi connectivity index (χ1n) is 14.4. The molecule has 0 aliphatic heterocycles. The molecule has 1 aromatic carbocycles. The predicted octanol–water partition coefficient (Wildman–Crippen LogP) is -1.84. The predicted molar refractivity (Wildman–Crippen MR) is 174 cm³/mol. The van der Waals surface area contributed by atoms with Gasteiger partial charge in [0.1, 0.15) is 12.1 Å². The monoisotopic (exact) mass is 657 g/mol. The lowest BCUT2D eigenvalue weighted by molar-refractivity contribution is -0.131. The van der Waals surface area contributed by atoms with Crippen molar-refractivity contribution in [2.45, 2.75) is 57.4 Å². The molecule has 3 rings (SSSR count). The zero-order valence-corrected chi connectivity index (χ0v) is 26.3. The molecule has 0 bridgehead atoms. The van der Waals surface area contributed by atoms with Crippen LogP contribution in [0.2, 0.25) is 0 Å². The average Bonchev–Trinajstić information content (AvgIpc) is 3.04. The lowest BCUT2D eigenvalue weighted by Gasteiger charge is -2.21. The number of H-pyrrole nitrogens is 1. The third kappa shape index (κ3) is 10.7. The standard InChI is InChI=1S/C28H39N11O6S/c1-14(3-8-21(41)32-11-19(29)25(43)37-20(12-40)26(44)35-15(2)13-46)34-24(42)16-4-6-17(7-5-16)31-9-18-10-33-23-22(36-18)27(45)39-28(30)38-23/h4-7,10,14-15,19-20,31,40,46H,3,8-9,11-13,29H2,1-2H3,(H,32,41)(H,34,42)(H,35,44)(H,37,43)(H3,30,33,38,39,45)/t14-,15-,19+,20+/m1/s1. The van der Waals surface area contributed by atoms with Gasteiger partial charge in [-0.05, 0) is 44.5 Å². The number of nitrogens with one attached hydrogen (secondary N) is 6. The summed E-state index contributed by atoms with van der Waals surface area (Å²) in [4.78, 5) is 76.2. The van der Waals surface area contributed by atoms with Crippen LogP contribution in [0.4, 0.5) is 11.6 Å². The molecule has 11 N–H and O–H groups in total. The van der Waals surface area contributed by atoms with Crippen molar-refractivity contribution >= 4 is 59.1 Å². The van der Waals surface area contributed by atoms with Crippen LogP contribution in [0.15, 0.2) is 35.3 Å². The number of hydrogen-bond donors (Lipinski definition) is 10. The molecule has 2 heterocycles. The van der Waals surface area contributed by atoms with E-state index in [2.05, 4.69) is 59.1 Å². The summed E-state index contributed by atoms with van der Waals surface area (Å²) in [6.07, 6.45) is 1.88. The summed E-state index contributed by atoms with van der Waals surface area (Å²) in [7, 11) is 0. The number of nitrogens with two attached hydrogens (primary N) is 2. The van der Waals surface area contributed by atoms with E-state index in [0.29, 0.717) is 29.1 Å². The highest BCUT2D eigenvalue weighted by molar-refractivity contribution is 7.80. The summed E-state index contributed by atoms with van der Waals surface area (Å²) in [5.41, 5.74) is 12.7. The molecular weight excluding hydrogens is 618 g/mol. The SMILES string of the molecule is C[C@H](CCC(=O)NC[C@H](N)C(=O)N[C@@H](CO)C(=O)N[C@H](C)CS)NC(=O)c1ccc(NCc2cnc3nc(N)[nH]c(=O)c3n2)cc1. The van der Waals surface area contributed by atoms with Crippen LogP contribution in [-0.4, -0.2) is 91.7 Å². The van der Waals surface area contributed by atoms with E-state index in [9.17, 15) is 29.1 Å². The number of aliphatic hydroxyl groups excluding tert-OH is 1. The Morgan fingerprint density at radius 3 is 2.41 bits per heavy atom. The number of amides is 4. The van der Waals surface area contributed by atoms with Crippen molar-refractivity contribution in [1.82, 2.24) is 41.2 Å². The van der Waals surface area contributed by atoms with Crippen molar-refractivity contribution in [3.8, 4) is 0 Å². The molecule has 18 heteroatoms. The van der Waals surface area contributed by atoms with E-state index in [-0.39, 0.29) is 60.5 Å². The van der Waals surface area contributed by atoms with Crippen LogP contribution in [0.25, 0.3) is 11.2 Å². The Labute approximate surface area is 269 Å². The summed E-state index contributed by atoms with van der Waals surface area (Å²) in [6, 6.07) is 3.77. The van der Waals surface area contributed by atoms with Crippen LogP contribution in [0.5, 0.6) is 0 Å². The van der Waals surface area contributed by atoms with Gasteiger partial charge in [0, 0.05) is 42.1 Å². The maximum absolute atomic E-state index is 12.7. The number of fused-ring (bicyclic) bond motifs is 1. The second-order valence-corrected chi connectivity index (χ2v) is 10.9. The molecule has 248 valence electrons. The van der Waals surface area contributed by atoms with Gasteiger partial charge in [0.25, 0.3) is 11.5 Å². The number of thiol groups is 1. The second kappa shape index (κ2) is 17.0. The molecule has 0 saturated carbocycles. The lowest BCUT2D eigenvalue weighted by atomic mass is 10.1. The van der Waals surface area contributed by atoms with Crippen molar-refractivity contribution in [3.05, 3.63) is 52.1 Å². The van der Waals surface area contributed by atoms with Crippen LogP contribution in [0.1, 0.15) is 42.7 Å². The Kier molecular flexibility index (Phi) is 13.2. The van der Waals surface area contributed by atoms with E-state index in [1.165, 1.54) is 6.20 Å². The second-order valence-electron chi connectivity index (χ2n) is 10.6. The normalized spacial score (nSPS) is 13.6. The minimum absolute atomic E-state index is 0.0422. The highest BCUT2D eigenvalue weighted by Crippen LogP contribution is 2.12. The molecule has 4 amide bonds. The molecule has 0 fully saturated rings. The van der Waals surface area contributed by atoms with Gasteiger partial charge in [-0.1, -0.05) is 0 Å². The van der Waals surface area contributed by atoms with Gasteiger partial charge in [-0.25, -0.2) is 9.97 Å². The van der Waals surface area contributed by atoms with Crippen LogP contribution in [0.3, 0.4) is 0 Å². The van der Waals surface area contributed by atoms with Crippen molar-refractivity contribution in [2.24, 2.45) is 5.73 Å². The number of nitrogen functional groups attached to an aromatic ring is 1. The molecule has 46 heavy (non-hydrogen) atoms. The van der Waals surface area contributed by atoms with E-state index < -0.39 is 36.1 Å². The Morgan fingerprint density at radius 1 is 1.02 bits per heavy atom. The highest BCUT2D eigenvalue weighted by atomic mass is 32.1. The molecule has 2 aromatic heterocycles. The number of aliphatic hydroxyl groups is 1. The minimum atomic E-state index is -1.19. The fourth-order valence-electron chi connectivity index (χ4n) is 3.98. The largest absolute Gasteiger partial charge is 0.394 e. The number of carbonyl (C=O) groups excluding carboxylic acids is 4. The maximum Gasteiger partial charge on any atom is 0.280 e. The number of aromatic nitrogens is 4. The number of benzene rings is 1. The van der Waals surface area contributed by atoms with Crippen LogP contribution in [-0.2, 0) is 20.9 Å². The van der Waals surface area contributed by atoms with Gasteiger partial charge < -0.3 is 43.2 Å². The van der Waals surface area contributed by atoms with Crippen LogP contribution in [0, 0.1) is 0 Å². The first-order chi connectivity index (χ1) is 21.9. The van der Waals surface area contributed by atoms with E-state index >= 15 is 0 Å². The number of aromatic amines is 1. The molecular formula is C28H39N11O6S. The summed E-state index contributed by atoms with van der Waals surface area (Å²) < 4.78 is 0. The number of hydrogen-bond acceptors (Lipinski definition) is 13. The van der Waals surface area contributed by atoms with Crippen molar-refractivity contribution < 1.29 is 24.3 Å². The number of rotatable bonds is 16. The first-order valence-corrected chi connectivity index (χ1v) is 15.0. The smallest absolute Gasteiger partial charge is 0.280 e. The van der Waals surface area contributed by atoms with E-state index in [0.717, 1.165) is 0 Å². The van der Waals surface area contributed by atoms with Gasteiger partial charge >= 0.3 is 0 Å². The minimum Gasteiger partial charge on any atom is -0.394 e. The average molecular weight is 658 g/mol. The molecule has 0 aliphatic carbocycles. The van der Waals surface area contributed by atoms with Gasteiger partial charge in [0.05, 0.1) is 25.0 Å². The molecule has 0 aliphatic rings. The van der Waals surface area contributed by atoms with E-state index in [1.54, 1.807) is 38.1 Å². The van der Waals surface area contributed by atoms with Crippen molar-refractivity contribution in [2.75, 3.05) is 30.0 Å². The summed E-state index contributed by atoms with van der Waals surface area (Å²) in [5, 5.41) is 22.9. The van der Waals surface area contributed by atoms with Gasteiger partial charge in [-0.2, -0.15) is 17.6 Å². The van der Waals surface area contributed by atoms with Crippen molar-refractivity contribution in [3.63, 3.8) is 0 Å². The van der Waals surface area contributed by atoms with Crippen LogP contribution < -0.4 is 43.6 Å². The Morgan fingerprint density at radius 2 is 1.74 bits per heavy atom. The molecule has 3 aromatic rings. The number of carbonyl (C=O) groups is 4. The Balaban J connectivity index is 1.38. The van der Waals surface area contributed by atoms with Crippen LogP contribution >= 0.6 is 12.6 Å². The fraction of sp³-hybridized carbons (Fsp3) is 0.429. The topological polar surface area (TPSA) is 272 Å². The lowest BCUT2D eigenvalue weighted by Crippen LogP contribution is -2.56. The molecule has 0 spiro atoms. The van der Waals surface area contributed by atoms with Gasteiger partial charge in [-0.15, -0.1) is 0 Å². The summed E-state index contributed by atoms with van der Waals surface area (Å²) >= 11 is 4.07. The molecule has 17 nitrogen and oxygen atoms in total. The Bertz CT molecular complexity index is 1590. The Hall–Kier alpha value is -4.81. The third-order valence-electron chi connectivity index (χ3n) is 6.62. The number of anilines is 2. The number of nitrogens with zero attached hydrogens (tertiary/aromatic N) is 3. The van der Waals surface area contributed by atoms with Gasteiger partial charge in [0.2, 0.25) is 23.7 Å². The van der Waals surface area contributed by atoms with E-state index in [1.807, 2.05) is 0 Å².